The van der Waals surface area contributed by atoms with Crippen LogP contribution in [0.4, 0.5) is 11.4 Å². The Kier molecular flexibility index (Phi) is 7.77. The Bertz CT molecular complexity index is 1160. The van der Waals surface area contributed by atoms with Crippen molar-refractivity contribution in [1.29, 1.82) is 0 Å². The van der Waals surface area contributed by atoms with Crippen LogP contribution >= 0.6 is 0 Å². The van der Waals surface area contributed by atoms with Crippen LogP contribution in [0.25, 0.3) is 0 Å². The number of amides is 1. The Hall–Kier alpha value is -3.31. The topological polar surface area (TPSA) is 136 Å². The molecule has 1 aliphatic heterocycles. The maximum absolute atomic E-state index is 13.0. The molecule has 1 N–H and O–H groups in total. The lowest BCUT2D eigenvalue weighted by Crippen LogP contribution is -2.32. The molecule has 10 nitrogen and oxygen atoms in total. The standard InChI is InChI=1S/C22H25N3O7S/c1-16-8-6-11-19(25(28)29)21(16)23-20(26)15-32-22(27)17-9-7-10-18(14-17)33(30,31)24-12-4-2-3-5-13-24/h6-11,14H,2-5,12-13,15H2,1H3,(H,23,26). The Balaban J connectivity index is 1.67. The zero-order valence-corrected chi connectivity index (χ0v) is 19.0. The number of para-hydroxylation sites is 1. The molecule has 11 heteroatoms. The van der Waals surface area contributed by atoms with E-state index in [4.69, 9.17) is 4.74 Å². The third-order valence-corrected chi connectivity index (χ3v) is 7.21. The van der Waals surface area contributed by atoms with Gasteiger partial charge in [0.1, 0.15) is 5.69 Å². The molecule has 0 atom stereocenters. The predicted molar refractivity (Wildman–Crippen MR) is 120 cm³/mol. The Morgan fingerprint density at radius 3 is 2.42 bits per heavy atom. The lowest BCUT2D eigenvalue weighted by atomic mass is 10.1. The first-order valence-corrected chi connectivity index (χ1v) is 12.0. The molecule has 1 fully saturated rings. The average Bonchev–Trinajstić information content (AvgIpc) is 3.09. The molecule has 1 aliphatic rings. The molecule has 0 bridgehead atoms. The van der Waals surface area contributed by atoms with Gasteiger partial charge in [0, 0.05) is 19.2 Å². The van der Waals surface area contributed by atoms with E-state index in [2.05, 4.69) is 5.32 Å². The van der Waals surface area contributed by atoms with Crippen LogP contribution in [0.15, 0.2) is 47.4 Å². The largest absolute Gasteiger partial charge is 0.452 e. The molecule has 2 aromatic carbocycles. The summed E-state index contributed by atoms with van der Waals surface area (Å²) in [5.74, 6) is -1.63. The highest BCUT2D eigenvalue weighted by molar-refractivity contribution is 7.89. The zero-order chi connectivity index (χ0) is 24.0. The van der Waals surface area contributed by atoms with E-state index in [1.54, 1.807) is 13.0 Å². The molecule has 2 aromatic rings. The Morgan fingerprint density at radius 2 is 1.76 bits per heavy atom. The van der Waals surface area contributed by atoms with E-state index in [-0.39, 0.29) is 21.8 Å². The molecule has 1 heterocycles. The molecule has 0 aliphatic carbocycles. The Labute approximate surface area is 191 Å². The zero-order valence-electron chi connectivity index (χ0n) is 18.2. The highest BCUT2D eigenvalue weighted by atomic mass is 32.2. The first-order chi connectivity index (χ1) is 15.7. The van der Waals surface area contributed by atoms with Crippen molar-refractivity contribution in [2.45, 2.75) is 37.5 Å². The first-order valence-electron chi connectivity index (χ1n) is 10.5. The maximum Gasteiger partial charge on any atom is 0.338 e. The summed E-state index contributed by atoms with van der Waals surface area (Å²) in [6.45, 7) is 1.78. The number of anilines is 1. The number of hydrogen-bond donors (Lipinski definition) is 1. The number of nitrogens with one attached hydrogen (secondary N) is 1. The number of benzene rings is 2. The van der Waals surface area contributed by atoms with Gasteiger partial charge in [-0.05, 0) is 43.5 Å². The van der Waals surface area contributed by atoms with Crippen LogP contribution in [0, 0.1) is 17.0 Å². The van der Waals surface area contributed by atoms with Crippen LogP contribution in [0.2, 0.25) is 0 Å². The molecule has 3 rings (SSSR count). The number of nitro groups is 1. The van der Waals surface area contributed by atoms with Crippen LogP contribution in [-0.4, -0.2) is 49.2 Å². The summed E-state index contributed by atoms with van der Waals surface area (Å²) in [5, 5.41) is 13.6. The third kappa shape index (κ3) is 5.93. The average molecular weight is 476 g/mol. The van der Waals surface area contributed by atoms with Crippen molar-refractivity contribution in [3.63, 3.8) is 0 Å². The van der Waals surface area contributed by atoms with Gasteiger partial charge in [0.2, 0.25) is 10.0 Å². The van der Waals surface area contributed by atoms with Gasteiger partial charge in [-0.1, -0.05) is 31.0 Å². The number of nitrogens with zero attached hydrogens (tertiary/aromatic N) is 2. The molecule has 0 aromatic heterocycles. The highest BCUT2D eigenvalue weighted by Gasteiger charge is 2.26. The second kappa shape index (κ2) is 10.5. The molecule has 1 saturated heterocycles. The van der Waals surface area contributed by atoms with Crippen molar-refractivity contribution in [2.24, 2.45) is 0 Å². The van der Waals surface area contributed by atoms with Gasteiger partial charge in [-0.15, -0.1) is 0 Å². The Morgan fingerprint density at radius 1 is 1.09 bits per heavy atom. The smallest absolute Gasteiger partial charge is 0.338 e. The van der Waals surface area contributed by atoms with Crippen LogP contribution in [0.1, 0.15) is 41.6 Å². The number of carbonyl (C=O) groups excluding carboxylic acids is 2. The van der Waals surface area contributed by atoms with Crippen molar-refractivity contribution < 1.29 is 27.7 Å². The summed E-state index contributed by atoms with van der Waals surface area (Å²) in [6, 6.07) is 9.84. The fourth-order valence-electron chi connectivity index (χ4n) is 3.57. The number of rotatable bonds is 7. The third-order valence-electron chi connectivity index (χ3n) is 5.32. The van der Waals surface area contributed by atoms with Crippen molar-refractivity contribution in [3.8, 4) is 0 Å². The molecule has 0 unspecified atom stereocenters. The van der Waals surface area contributed by atoms with Crippen molar-refractivity contribution in [1.82, 2.24) is 4.31 Å². The van der Waals surface area contributed by atoms with E-state index in [9.17, 15) is 28.1 Å². The minimum atomic E-state index is -3.75. The number of ether oxygens (including phenoxy) is 1. The fourth-order valence-corrected chi connectivity index (χ4v) is 5.14. The molecule has 0 radical (unpaired) electrons. The van der Waals surface area contributed by atoms with Gasteiger partial charge in [-0.3, -0.25) is 14.9 Å². The van der Waals surface area contributed by atoms with Crippen molar-refractivity contribution in [3.05, 3.63) is 63.7 Å². The minimum Gasteiger partial charge on any atom is -0.452 e. The summed E-state index contributed by atoms with van der Waals surface area (Å²) in [6.07, 6.45) is 3.53. The summed E-state index contributed by atoms with van der Waals surface area (Å²) in [7, 11) is -3.75. The van der Waals surface area contributed by atoms with Gasteiger partial charge in [0.05, 0.1) is 15.4 Å². The molecule has 0 spiro atoms. The van der Waals surface area contributed by atoms with E-state index in [0.717, 1.165) is 25.7 Å². The van der Waals surface area contributed by atoms with Crippen molar-refractivity contribution in [2.75, 3.05) is 25.0 Å². The molecule has 1 amide bonds. The summed E-state index contributed by atoms with van der Waals surface area (Å²) < 4.78 is 32.3. The van der Waals surface area contributed by atoms with Crippen LogP contribution in [0.5, 0.6) is 0 Å². The van der Waals surface area contributed by atoms with Gasteiger partial charge in [0.25, 0.3) is 11.6 Å². The summed E-state index contributed by atoms with van der Waals surface area (Å²) >= 11 is 0. The van der Waals surface area contributed by atoms with E-state index < -0.39 is 33.4 Å². The number of nitro benzene ring substituents is 1. The SMILES string of the molecule is Cc1cccc([N+](=O)[O-])c1NC(=O)COC(=O)c1cccc(S(=O)(=O)N2CCCCCC2)c1. The first kappa shape index (κ1) is 24.3. The normalized spacial score (nSPS) is 14.8. The molecular weight excluding hydrogens is 450 g/mol. The number of hydrogen-bond acceptors (Lipinski definition) is 7. The van der Waals surface area contributed by atoms with E-state index >= 15 is 0 Å². The quantitative estimate of drug-likeness (QED) is 0.369. The number of carbonyl (C=O) groups is 2. The fraction of sp³-hybridized carbons (Fsp3) is 0.364. The van der Waals surface area contributed by atoms with Gasteiger partial charge in [-0.2, -0.15) is 4.31 Å². The summed E-state index contributed by atoms with van der Waals surface area (Å²) in [5.41, 5.74) is 0.214. The van der Waals surface area contributed by atoms with Crippen LogP contribution < -0.4 is 5.32 Å². The summed E-state index contributed by atoms with van der Waals surface area (Å²) in [4.78, 5) is 35.2. The lowest BCUT2D eigenvalue weighted by molar-refractivity contribution is -0.384. The van der Waals surface area contributed by atoms with Gasteiger partial charge in [0.15, 0.2) is 6.61 Å². The van der Waals surface area contributed by atoms with Gasteiger partial charge < -0.3 is 10.1 Å². The molecular formula is C22H25N3O7S. The van der Waals surface area contributed by atoms with E-state index in [0.29, 0.717) is 18.7 Å². The number of sulfonamides is 1. The number of aryl methyl sites for hydroxylation is 1. The van der Waals surface area contributed by atoms with Gasteiger partial charge >= 0.3 is 5.97 Å². The number of esters is 1. The molecule has 0 saturated carbocycles. The predicted octanol–water partition coefficient (Wildman–Crippen LogP) is 3.26. The lowest BCUT2D eigenvalue weighted by Gasteiger charge is -2.20. The van der Waals surface area contributed by atoms with Crippen LogP contribution in [-0.2, 0) is 19.6 Å². The van der Waals surface area contributed by atoms with E-state index in [1.807, 2.05) is 0 Å². The monoisotopic (exact) mass is 475 g/mol. The molecule has 176 valence electrons. The minimum absolute atomic E-state index is 0.0134. The molecule has 33 heavy (non-hydrogen) atoms. The maximum atomic E-state index is 13.0. The highest BCUT2D eigenvalue weighted by Crippen LogP contribution is 2.27. The van der Waals surface area contributed by atoms with Gasteiger partial charge in [-0.25, -0.2) is 13.2 Å². The van der Waals surface area contributed by atoms with Crippen molar-refractivity contribution >= 4 is 33.3 Å². The second-order valence-corrected chi connectivity index (χ2v) is 9.63. The second-order valence-electron chi connectivity index (χ2n) is 7.70. The van der Waals surface area contributed by atoms with E-state index in [1.165, 1.54) is 40.7 Å². The van der Waals surface area contributed by atoms with Crippen LogP contribution in [0.3, 0.4) is 0 Å².